The van der Waals surface area contributed by atoms with Gasteiger partial charge in [0.15, 0.2) is 5.78 Å². The molecule has 1 aromatic carbocycles. The Labute approximate surface area is 119 Å². The van der Waals surface area contributed by atoms with Gasteiger partial charge in [-0.25, -0.2) is 4.79 Å². The fourth-order valence-electron chi connectivity index (χ4n) is 1.67. The number of ketones is 1. The average Bonchev–Trinajstić information content (AvgIpc) is 2.34. The molecule has 1 aromatic rings. The molecule has 0 aliphatic carbocycles. The first-order valence-corrected chi connectivity index (χ1v) is 6.45. The van der Waals surface area contributed by atoms with Gasteiger partial charge in [-0.1, -0.05) is 36.9 Å². The Bertz CT molecular complexity index is 497. The molecule has 0 heterocycles. The smallest absolute Gasteiger partial charge is 0.408 e. The lowest BCUT2D eigenvalue weighted by atomic mass is 10.0. The minimum Gasteiger partial charge on any atom is -0.444 e. The lowest BCUT2D eigenvalue weighted by Gasteiger charge is -2.22. The zero-order valence-corrected chi connectivity index (χ0v) is 12.4. The Hall–Kier alpha value is -2.10. The first kappa shape index (κ1) is 16.0. The number of nitrogens with one attached hydrogen (secondary N) is 1. The van der Waals surface area contributed by atoms with E-state index in [-0.39, 0.29) is 5.78 Å². The summed E-state index contributed by atoms with van der Waals surface area (Å²) < 4.78 is 5.17. The lowest BCUT2D eigenvalue weighted by molar-refractivity contribution is -0.119. The zero-order valence-electron chi connectivity index (χ0n) is 12.4. The van der Waals surface area contributed by atoms with E-state index in [2.05, 4.69) is 11.9 Å². The highest BCUT2D eigenvalue weighted by Crippen LogP contribution is 2.17. The Balaban J connectivity index is 2.86. The summed E-state index contributed by atoms with van der Waals surface area (Å²) >= 11 is 0. The van der Waals surface area contributed by atoms with Gasteiger partial charge in [-0.3, -0.25) is 4.79 Å². The highest BCUT2D eigenvalue weighted by Gasteiger charge is 2.23. The Kier molecular flexibility index (Phi) is 5.08. The molecule has 0 aliphatic heterocycles. The number of carbonyl (C=O) groups is 2. The van der Waals surface area contributed by atoms with E-state index in [9.17, 15) is 9.59 Å². The topological polar surface area (TPSA) is 55.4 Å². The number of alkyl carbamates (subject to hydrolysis) is 1. The van der Waals surface area contributed by atoms with Crippen LogP contribution in [0.15, 0.2) is 30.8 Å². The third-order valence-electron chi connectivity index (χ3n) is 2.57. The summed E-state index contributed by atoms with van der Waals surface area (Å²) in [4.78, 5) is 23.5. The van der Waals surface area contributed by atoms with Crippen molar-refractivity contribution >= 4 is 18.0 Å². The largest absolute Gasteiger partial charge is 0.444 e. The van der Waals surface area contributed by atoms with Gasteiger partial charge in [0.2, 0.25) is 0 Å². The van der Waals surface area contributed by atoms with Gasteiger partial charge >= 0.3 is 6.09 Å². The molecule has 4 heteroatoms. The predicted molar refractivity (Wildman–Crippen MR) is 79.3 cm³/mol. The zero-order chi connectivity index (χ0) is 15.3. The molecule has 0 bridgehead atoms. The van der Waals surface area contributed by atoms with Gasteiger partial charge in [-0.2, -0.15) is 0 Å². The van der Waals surface area contributed by atoms with Crippen molar-refractivity contribution < 1.29 is 14.3 Å². The van der Waals surface area contributed by atoms with Crippen molar-refractivity contribution in [1.82, 2.24) is 5.32 Å². The van der Waals surface area contributed by atoms with Crippen LogP contribution >= 0.6 is 0 Å². The molecule has 1 amide bonds. The van der Waals surface area contributed by atoms with Crippen LogP contribution in [-0.4, -0.2) is 17.5 Å². The summed E-state index contributed by atoms with van der Waals surface area (Å²) in [6, 6.07) is 6.56. The molecule has 0 spiro atoms. The van der Waals surface area contributed by atoms with E-state index >= 15 is 0 Å². The second kappa shape index (κ2) is 6.37. The van der Waals surface area contributed by atoms with Crippen LogP contribution in [0.25, 0.3) is 6.08 Å². The SMILES string of the molecule is C=Cc1ccc(C(NC(=O)OC(C)(C)C)C(C)=O)cc1. The van der Waals surface area contributed by atoms with E-state index in [0.717, 1.165) is 5.56 Å². The third-order valence-corrected chi connectivity index (χ3v) is 2.57. The molecular formula is C16H21NO3. The number of rotatable bonds is 4. The molecule has 1 N–H and O–H groups in total. The summed E-state index contributed by atoms with van der Waals surface area (Å²) in [5.41, 5.74) is 1.07. The first-order chi connectivity index (χ1) is 9.23. The van der Waals surface area contributed by atoms with E-state index in [1.165, 1.54) is 6.92 Å². The van der Waals surface area contributed by atoms with E-state index in [4.69, 9.17) is 4.74 Å². The molecule has 1 rings (SSSR count). The van der Waals surface area contributed by atoms with Crippen LogP contribution in [-0.2, 0) is 9.53 Å². The summed E-state index contributed by atoms with van der Waals surface area (Å²) in [5, 5.41) is 2.59. The molecule has 0 aromatic heterocycles. The van der Waals surface area contributed by atoms with Gasteiger partial charge < -0.3 is 10.1 Å². The third kappa shape index (κ3) is 4.88. The number of hydrogen-bond donors (Lipinski definition) is 1. The molecule has 0 radical (unpaired) electrons. The van der Waals surface area contributed by atoms with Crippen LogP contribution < -0.4 is 5.32 Å². The van der Waals surface area contributed by atoms with Crippen LogP contribution in [0.5, 0.6) is 0 Å². The van der Waals surface area contributed by atoms with E-state index in [0.29, 0.717) is 5.56 Å². The fraction of sp³-hybridized carbons (Fsp3) is 0.375. The number of Topliss-reactive ketones (excluding diaryl/α,β-unsaturated/α-hetero) is 1. The quantitative estimate of drug-likeness (QED) is 0.915. The van der Waals surface area contributed by atoms with Crippen molar-refractivity contribution in [2.45, 2.75) is 39.3 Å². The molecule has 20 heavy (non-hydrogen) atoms. The van der Waals surface area contributed by atoms with Crippen LogP contribution in [0.4, 0.5) is 4.79 Å². The van der Waals surface area contributed by atoms with E-state index in [1.807, 2.05) is 12.1 Å². The Morgan fingerprint density at radius 1 is 1.25 bits per heavy atom. The summed E-state index contributed by atoms with van der Waals surface area (Å²) in [6.45, 7) is 10.4. The highest BCUT2D eigenvalue weighted by molar-refractivity contribution is 5.86. The van der Waals surface area contributed by atoms with Crippen LogP contribution in [0.3, 0.4) is 0 Å². The second-order valence-electron chi connectivity index (χ2n) is 5.56. The predicted octanol–water partition coefficient (Wildman–Crippen LogP) is 3.48. The van der Waals surface area contributed by atoms with Crippen LogP contribution in [0.1, 0.15) is 44.9 Å². The van der Waals surface area contributed by atoms with Gasteiger partial charge in [0.05, 0.1) is 0 Å². The molecule has 108 valence electrons. The summed E-state index contributed by atoms with van der Waals surface area (Å²) in [7, 11) is 0. The van der Waals surface area contributed by atoms with Crippen molar-refractivity contribution in [2.75, 3.05) is 0 Å². The van der Waals surface area contributed by atoms with Crippen molar-refractivity contribution in [3.8, 4) is 0 Å². The molecular weight excluding hydrogens is 254 g/mol. The van der Waals surface area contributed by atoms with Crippen molar-refractivity contribution in [1.29, 1.82) is 0 Å². The maximum atomic E-state index is 11.8. The summed E-state index contributed by atoms with van der Waals surface area (Å²) in [5.74, 6) is -0.151. The minimum atomic E-state index is -0.705. The van der Waals surface area contributed by atoms with Gasteiger partial charge in [0.25, 0.3) is 0 Å². The van der Waals surface area contributed by atoms with E-state index in [1.54, 1.807) is 39.0 Å². The Morgan fingerprint density at radius 3 is 2.20 bits per heavy atom. The van der Waals surface area contributed by atoms with Gasteiger partial charge in [0.1, 0.15) is 11.6 Å². The molecule has 1 atom stereocenters. The summed E-state index contributed by atoms with van der Waals surface area (Å²) in [6.07, 6.45) is 1.11. The normalized spacial score (nSPS) is 12.4. The molecule has 4 nitrogen and oxygen atoms in total. The monoisotopic (exact) mass is 275 g/mol. The van der Waals surface area contributed by atoms with Crippen molar-refractivity contribution in [3.63, 3.8) is 0 Å². The fourth-order valence-corrected chi connectivity index (χ4v) is 1.67. The van der Waals surface area contributed by atoms with E-state index < -0.39 is 17.7 Å². The maximum Gasteiger partial charge on any atom is 0.408 e. The number of ether oxygens (including phenoxy) is 1. The van der Waals surface area contributed by atoms with Gasteiger partial charge in [0, 0.05) is 0 Å². The molecule has 0 saturated heterocycles. The lowest BCUT2D eigenvalue weighted by Crippen LogP contribution is -2.37. The number of benzene rings is 1. The molecule has 0 saturated carbocycles. The van der Waals surface area contributed by atoms with Crippen molar-refractivity contribution in [3.05, 3.63) is 42.0 Å². The molecule has 0 aliphatic rings. The maximum absolute atomic E-state index is 11.8. The first-order valence-electron chi connectivity index (χ1n) is 6.45. The Morgan fingerprint density at radius 2 is 1.80 bits per heavy atom. The number of carbonyl (C=O) groups excluding carboxylic acids is 2. The van der Waals surface area contributed by atoms with Crippen molar-refractivity contribution in [2.24, 2.45) is 0 Å². The number of hydrogen-bond acceptors (Lipinski definition) is 3. The second-order valence-corrected chi connectivity index (χ2v) is 5.56. The number of amides is 1. The van der Waals surface area contributed by atoms with Crippen LogP contribution in [0.2, 0.25) is 0 Å². The minimum absolute atomic E-state index is 0.151. The molecule has 1 unspecified atom stereocenters. The average molecular weight is 275 g/mol. The van der Waals surface area contributed by atoms with Crippen LogP contribution in [0, 0.1) is 0 Å². The standard InChI is InChI=1S/C16H21NO3/c1-6-12-7-9-13(10-8-12)14(11(2)18)17-15(19)20-16(3,4)5/h6-10,14H,1H2,2-5H3,(H,17,19). The van der Waals surface area contributed by atoms with Gasteiger partial charge in [-0.15, -0.1) is 0 Å². The molecule has 0 fully saturated rings. The van der Waals surface area contributed by atoms with Gasteiger partial charge in [-0.05, 0) is 38.8 Å². The highest BCUT2D eigenvalue weighted by atomic mass is 16.6.